The molecule has 2 aromatic rings. The number of anilines is 1. The van der Waals surface area contributed by atoms with E-state index in [1.165, 1.54) is 0 Å². The van der Waals surface area contributed by atoms with Crippen molar-refractivity contribution in [2.75, 3.05) is 5.32 Å². The Labute approximate surface area is 98.0 Å². The molecule has 2 unspecified atom stereocenters. The molecule has 1 spiro atoms. The van der Waals surface area contributed by atoms with Gasteiger partial charge in [0.15, 0.2) is 0 Å². The molecule has 1 fully saturated rings. The third-order valence-electron chi connectivity index (χ3n) is 3.92. The molecule has 4 heteroatoms. The van der Waals surface area contributed by atoms with Crippen molar-refractivity contribution in [2.24, 2.45) is 0 Å². The summed E-state index contributed by atoms with van der Waals surface area (Å²) in [4.78, 5) is 12.2. The fourth-order valence-electron chi connectivity index (χ4n) is 2.99. The highest BCUT2D eigenvalue weighted by atomic mass is 16.2. The van der Waals surface area contributed by atoms with Crippen LogP contribution in [0.15, 0.2) is 36.5 Å². The van der Waals surface area contributed by atoms with Gasteiger partial charge in [-0.2, -0.15) is 5.10 Å². The molecule has 2 atom stereocenters. The Hall–Kier alpha value is -2.10. The number of carbonyl (C=O) groups is 1. The van der Waals surface area contributed by atoms with Crippen molar-refractivity contribution in [3.8, 4) is 0 Å². The number of hydrogen-bond acceptors (Lipinski definition) is 2. The number of nitrogens with zero attached hydrogens (tertiary/aromatic N) is 1. The topological polar surface area (TPSA) is 57.8 Å². The standard InChI is InChI=1S/C13H11N3O/c17-12-13(7-9(13)11-5-6-14-16-11)8-3-1-2-4-10(8)15-12/h1-6,9H,7H2,(H,14,16)(H,15,17). The highest BCUT2D eigenvalue weighted by Crippen LogP contribution is 2.64. The van der Waals surface area contributed by atoms with Gasteiger partial charge in [0, 0.05) is 23.5 Å². The van der Waals surface area contributed by atoms with E-state index in [1.54, 1.807) is 6.20 Å². The number of amides is 1. The molecule has 4 rings (SSSR count). The molecule has 4 nitrogen and oxygen atoms in total. The number of nitrogens with one attached hydrogen (secondary N) is 2. The summed E-state index contributed by atoms with van der Waals surface area (Å²) in [6, 6.07) is 9.90. The number of carbonyl (C=O) groups excluding carboxylic acids is 1. The van der Waals surface area contributed by atoms with Crippen LogP contribution in [0, 0.1) is 0 Å². The predicted octanol–water partition coefficient (Wildman–Crippen LogP) is 1.79. The molecule has 1 saturated carbocycles. The van der Waals surface area contributed by atoms with Gasteiger partial charge >= 0.3 is 0 Å². The largest absolute Gasteiger partial charge is 0.325 e. The smallest absolute Gasteiger partial charge is 0.235 e. The first kappa shape index (κ1) is 8.98. The Balaban J connectivity index is 1.84. The van der Waals surface area contributed by atoms with Gasteiger partial charge in [-0.15, -0.1) is 0 Å². The molecule has 1 amide bonds. The van der Waals surface area contributed by atoms with E-state index in [2.05, 4.69) is 15.5 Å². The van der Waals surface area contributed by atoms with E-state index in [1.807, 2.05) is 30.3 Å². The Bertz CT molecular complexity index is 605. The summed E-state index contributed by atoms with van der Waals surface area (Å²) in [7, 11) is 0. The van der Waals surface area contributed by atoms with E-state index in [9.17, 15) is 4.79 Å². The predicted molar refractivity (Wildman–Crippen MR) is 62.7 cm³/mol. The minimum absolute atomic E-state index is 0.123. The number of aromatic nitrogens is 2. The van der Waals surface area contributed by atoms with Crippen LogP contribution in [0.1, 0.15) is 23.6 Å². The normalized spacial score (nSPS) is 29.2. The first-order valence-electron chi connectivity index (χ1n) is 5.72. The van der Waals surface area contributed by atoms with Crippen molar-refractivity contribution >= 4 is 11.6 Å². The lowest BCUT2D eigenvalue weighted by molar-refractivity contribution is -0.118. The summed E-state index contributed by atoms with van der Waals surface area (Å²) in [6.45, 7) is 0. The summed E-state index contributed by atoms with van der Waals surface area (Å²) in [6.07, 6.45) is 2.61. The van der Waals surface area contributed by atoms with E-state index in [-0.39, 0.29) is 17.2 Å². The molecule has 2 aliphatic rings. The summed E-state index contributed by atoms with van der Waals surface area (Å²) >= 11 is 0. The van der Waals surface area contributed by atoms with Crippen LogP contribution in [0.5, 0.6) is 0 Å². The molecule has 0 bridgehead atoms. The molecule has 1 aromatic carbocycles. The van der Waals surface area contributed by atoms with Gasteiger partial charge in [-0.3, -0.25) is 9.89 Å². The fourth-order valence-corrected chi connectivity index (χ4v) is 2.99. The Morgan fingerprint density at radius 2 is 2.18 bits per heavy atom. The zero-order valence-electron chi connectivity index (χ0n) is 9.10. The molecule has 1 aliphatic carbocycles. The van der Waals surface area contributed by atoms with E-state index in [0.29, 0.717) is 0 Å². The summed E-state index contributed by atoms with van der Waals surface area (Å²) in [5.41, 5.74) is 2.80. The van der Waals surface area contributed by atoms with Crippen LogP contribution >= 0.6 is 0 Å². The molecular formula is C13H11N3O. The molecule has 0 saturated heterocycles. The van der Waals surface area contributed by atoms with E-state index in [4.69, 9.17) is 0 Å². The molecule has 2 heterocycles. The second-order valence-corrected chi connectivity index (χ2v) is 4.74. The van der Waals surface area contributed by atoms with Gasteiger partial charge in [0.2, 0.25) is 5.91 Å². The first-order chi connectivity index (χ1) is 8.32. The highest BCUT2D eigenvalue weighted by Gasteiger charge is 2.65. The number of fused-ring (bicyclic) bond motifs is 2. The van der Waals surface area contributed by atoms with E-state index in [0.717, 1.165) is 23.4 Å². The summed E-state index contributed by atoms with van der Waals surface area (Å²) in [5, 5.41) is 9.90. The van der Waals surface area contributed by atoms with Gasteiger partial charge in [-0.05, 0) is 24.1 Å². The van der Waals surface area contributed by atoms with Crippen LogP contribution in [0.2, 0.25) is 0 Å². The molecule has 2 N–H and O–H groups in total. The van der Waals surface area contributed by atoms with Crippen molar-refractivity contribution < 1.29 is 4.79 Å². The molecular weight excluding hydrogens is 214 g/mol. The number of aromatic amines is 1. The lowest BCUT2D eigenvalue weighted by Gasteiger charge is -2.06. The quantitative estimate of drug-likeness (QED) is 0.777. The molecule has 1 aliphatic heterocycles. The van der Waals surface area contributed by atoms with E-state index >= 15 is 0 Å². The van der Waals surface area contributed by atoms with Crippen LogP contribution in [0.25, 0.3) is 0 Å². The number of H-pyrrole nitrogens is 1. The SMILES string of the molecule is O=C1Nc2ccccc2C12CC2c1ccn[nH]1. The average molecular weight is 225 g/mol. The van der Waals surface area contributed by atoms with Gasteiger partial charge in [0.05, 0.1) is 5.41 Å². The molecule has 84 valence electrons. The molecule has 17 heavy (non-hydrogen) atoms. The van der Waals surface area contributed by atoms with Crippen molar-refractivity contribution in [1.29, 1.82) is 0 Å². The highest BCUT2D eigenvalue weighted by molar-refractivity contribution is 6.09. The second-order valence-electron chi connectivity index (χ2n) is 4.74. The maximum Gasteiger partial charge on any atom is 0.235 e. The first-order valence-corrected chi connectivity index (χ1v) is 5.72. The molecule has 0 radical (unpaired) electrons. The Kier molecular flexibility index (Phi) is 1.46. The van der Waals surface area contributed by atoms with Gasteiger partial charge in [-0.25, -0.2) is 0 Å². The van der Waals surface area contributed by atoms with Crippen LogP contribution in [0.4, 0.5) is 5.69 Å². The fraction of sp³-hybridized carbons (Fsp3) is 0.231. The third kappa shape index (κ3) is 0.976. The monoisotopic (exact) mass is 225 g/mol. The van der Waals surface area contributed by atoms with Crippen molar-refractivity contribution in [1.82, 2.24) is 10.2 Å². The minimum Gasteiger partial charge on any atom is -0.325 e. The van der Waals surface area contributed by atoms with Crippen LogP contribution in [0.3, 0.4) is 0 Å². The minimum atomic E-state index is -0.344. The zero-order chi connectivity index (χ0) is 11.5. The van der Waals surface area contributed by atoms with Crippen molar-refractivity contribution in [2.45, 2.75) is 17.8 Å². The number of hydrogen-bond donors (Lipinski definition) is 2. The van der Waals surface area contributed by atoms with E-state index < -0.39 is 0 Å². The maximum absolute atomic E-state index is 12.2. The Morgan fingerprint density at radius 1 is 1.29 bits per heavy atom. The van der Waals surface area contributed by atoms with Gasteiger partial charge in [-0.1, -0.05) is 18.2 Å². The molecule has 1 aromatic heterocycles. The summed E-state index contributed by atoms with van der Waals surface area (Å²) < 4.78 is 0. The lowest BCUT2D eigenvalue weighted by atomic mass is 9.94. The summed E-state index contributed by atoms with van der Waals surface area (Å²) in [5.74, 6) is 0.368. The maximum atomic E-state index is 12.2. The number of rotatable bonds is 1. The van der Waals surface area contributed by atoms with Gasteiger partial charge in [0.25, 0.3) is 0 Å². The Morgan fingerprint density at radius 3 is 3.00 bits per heavy atom. The van der Waals surface area contributed by atoms with Crippen LogP contribution in [-0.4, -0.2) is 16.1 Å². The van der Waals surface area contributed by atoms with Crippen LogP contribution in [-0.2, 0) is 10.2 Å². The average Bonchev–Trinajstić information content (AvgIpc) is 2.74. The van der Waals surface area contributed by atoms with Crippen molar-refractivity contribution in [3.63, 3.8) is 0 Å². The van der Waals surface area contributed by atoms with Crippen LogP contribution < -0.4 is 5.32 Å². The number of para-hydroxylation sites is 1. The lowest BCUT2D eigenvalue weighted by Crippen LogP contribution is -2.21. The third-order valence-corrected chi connectivity index (χ3v) is 3.92. The number of benzene rings is 1. The zero-order valence-corrected chi connectivity index (χ0v) is 9.10. The van der Waals surface area contributed by atoms with Crippen molar-refractivity contribution in [3.05, 3.63) is 47.8 Å². The second kappa shape index (κ2) is 2.77. The van der Waals surface area contributed by atoms with Gasteiger partial charge in [0.1, 0.15) is 0 Å². The van der Waals surface area contributed by atoms with Gasteiger partial charge < -0.3 is 5.32 Å².